The van der Waals surface area contributed by atoms with Crippen LogP contribution in [0.25, 0.3) is 0 Å². The van der Waals surface area contributed by atoms with Gasteiger partial charge in [0.2, 0.25) is 12.7 Å². The van der Waals surface area contributed by atoms with Crippen LogP contribution in [-0.2, 0) is 17.6 Å². The number of rotatable bonds is 5. The molecule has 5 rings (SSSR count). The summed E-state index contributed by atoms with van der Waals surface area (Å²) in [7, 11) is 0. The number of hydrogen-bond acceptors (Lipinski definition) is 5. The number of carbonyl (C=O) groups excluding carboxylic acids is 1. The van der Waals surface area contributed by atoms with Gasteiger partial charge in [-0.15, -0.1) is 0 Å². The Kier molecular flexibility index (Phi) is 4.36. The fraction of sp³-hybridized carbons (Fsp3) is 0.409. The SMILES string of the molecule is O=C(Cc1ccc2c(c1)OCO2)N[C@H](c1ccc2c(c1)CCO2)C1CC(O)C1. The Morgan fingerprint density at radius 1 is 1.07 bits per heavy atom. The molecule has 0 unspecified atom stereocenters. The minimum Gasteiger partial charge on any atom is -0.493 e. The quantitative estimate of drug-likeness (QED) is 0.832. The van der Waals surface area contributed by atoms with Gasteiger partial charge in [0.25, 0.3) is 0 Å². The van der Waals surface area contributed by atoms with Gasteiger partial charge in [0.15, 0.2) is 11.5 Å². The number of aliphatic hydroxyl groups is 1. The summed E-state index contributed by atoms with van der Waals surface area (Å²) < 4.78 is 16.3. The van der Waals surface area contributed by atoms with Crippen molar-refractivity contribution in [1.29, 1.82) is 0 Å². The summed E-state index contributed by atoms with van der Waals surface area (Å²) in [5.74, 6) is 2.54. The van der Waals surface area contributed by atoms with Crippen LogP contribution in [0.5, 0.6) is 17.2 Å². The molecule has 146 valence electrons. The minimum absolute atomic E-state index is 0.0398. The highest BCUT2D eigenvalue weighted by molar-refractivity contribution is 5.79. The Morgan fingerprint density at radius 3 is 2.75 bits per heavy atom. The molecule has 2 N–H and O–H groups in total. The molecule has 0 radical (unpaired) electrons. The van der Waals surface area contributed by atoms with E-state index in [2.05, 4.69) is 11.4 Å². The molecule has 2 heterocycles. The molecule has 6 heteroatoms. The lowest BCUT2D eigenvalue weighted by molar-refractivity contribution is -0.122. The van der Waals surface area contributed by atoms with Crippen LogP contribution in [-0.4, -0.2) is 30.5 Å². The molecular weight excluding hydrogens is 358 g/mol. The summed E-state index contributed by atoms with van der Waals surface area (Å²) in [6.45, 7) is 0.932. The molecule has 3 aliphatic rings. The predicted octanol–water partition coefficient (Wildman–Crippen LogP) is 2.52. The van der Waals surface area contributed by atoms with Gasteiger partial charge < -0.3 is 24.6 Å². The van der Waals surface area contributed by atoms with Crippen molar-refractivity contribution in [3.05, 3.63) is 53.1 Å². The molecule has 1 amide bonds. The van der Waals surface area contributed by atoms with Crippen LogP contribution in [0.15, 0.2) is 36.4 Å². The molecule has 28 heavy (non-hydrogen) atoms. The van der Waals surface area contributed by atoms with E-state index >= 15 is 0 Å². The number of amides is 1. The van der Waals surface area contributed by atoms with Crippen LogP contribution < -0.4 is 19.5 Å². The van der Waals surface area contributed by atoms with Crippen LogP contribution in [0.2, 0.25) is 0 Å². The summed E-state index contributed by atoms with van der Waals surface area (Å²) >= 11 is 0. The van der Waals surface area contributed by atoms with E-state index in [1.807, 2.05) is 30.3 Å². The Balaban J connectivity index is 1.32. The lowest BCUT2D eigenvalue weighted by Gasteiger charge is -2.38. The van der Waals surface area contributed by atoms with Gasteiger partial charge in [-0.1, -0.05) is 12.1 Å². The van der Waals surface area contributed by atoms with E-state index in [0.717, 1.165) is 23.3 Å². The molecule has 1 aliphatic carbocycles. The van der Waals surface area contributed by atoms with Crippen LogP contribution in [0.4, 0.5) is 0 Å². The van der Waals surface area contributed by atoms with Gasteiger partial charge in [0.05, 0.1) is 25.2 Å². The zero-order valence-corrected chi connectivity index (χ0v) is 15.5. The third-order valence-electron chi connectivity index (χ3n) is 5.81. The number of fused-ring (bicyclic) bond motifs is 2. The van der Waals surface area contributed by atoms with E-state index in [4.69, 9.17) is 14.2 Å². The van der Waals surface area contributed by atoms with E-state index in [1.165, 1.54) is 5.56 Å². The molecule has 2 aliphatic heterocycles. The number of benzene rings is 2. The Bertz CT molecular complexity index is 906. The summed E-state index contributed by atoms with van der Waals surface area (Å²) in [6, 6.07) is 11.6. The monoisotopic (exact) mass is 381 g/mol. The summed E-state index contributed by atoms with van der Waals surface area (Å²) in [5, 5.41) is 13.0. The van der Waals surface area contributed by atoms with Crippen LogP contribution >= 0.6 is 0 Å². The van der Waals surface area contributed by atoms with E-state index in [0.29, 0.717) is 30.9 Å². The van der Waals surface area contributed by atoms with E-state index in [1.54, 1.807) is 0 Å². The molecule has 0 aromatic heterocycles. The molecule has 6 nitrogen and oxygen atoms in total. The van der Waals surface area contributed by atoms with Gasteiger partial charge in [-0.25, -0.2) is 0 Å². The zero-order chi connectivity index (χ0) is 19.1. The molecule has 2 aromatic rings. The largest absolute Gasteiger partial charge is 0.493 e. The third-order valence-corrected chi connectivity index (χ3v) is 5.81. The smallest absolute Gasteiger partial charge is 0.231 e. The van der Waals surface area contributed by atoms with Crippen molar-refractivity contribution >= 4 is 5.91 Å². The van der Waals surface area contributed by atoms with Crippen molar-refractivity contribution in [1.82, 2.24) is 5.32 Å². The first-order chi connectivity index (χ1) is 13.7. The van der Waals surface area contributed by atoms with Crippen molar-refractivity contribution in [3.8, 4) is 17.2 Å². The molecule has 0 bridgehead atoms. The minimum atomic E-state index is -0.268. The van der Waals surface area contributed by atoms with Crippen LogP contribution in [0.1, 0.15) is 35.6 Å². The number of hydrogen-bond donors (Lipinski definition) is 2. The fourth-order valence-corrected chi connectivity index (χ4v) is 4.24. The number of ether oxygens (including phenoxy) is 3. The molecule has 1 saturated carbocycles. The first-order valence-corrected chi connectivity index (χ1v) is 9.77. The standard InChI is InChI=1S/C22H23NO5/c24-17-10-16(11-17)22(15-2-4-18-14(9-15)5-6-26-18)23-21(25)8-13-1-3-19-20(7-13)28-12-27-19/h1-4,7,9,16-17,22,24H,5-6,8,10-12H2,(H,23,25)/t16?,17?,22-/m1/s1. The van der Waals surface area contributed by atoms with Crippen molar-refractivity contribution in [3.63, 3.8) is 0 Å². The topological polar surface area (TPSA) is 77.0 Å². The first-order valence-electron chi connectivity index (χ1n) is 9.77. The van der Waals surface area contributed by atoms with Gasteiger partial charge in [-0.05, 0) is 59.7 Å². The summed E-state index contributed by atoms with van der Waals surface area (Å²) in [6.07, 6.45) is 2.33. The normalized spacial score (nSPS) is 22.8. The first kappa shape index (κ1) is 17.4. The average molecular weight is 381 g/mol. The van der Waals surface area contributed by atoms with Crippen LogP contribution in [0.3, 0.4) is 0 Å². The highest BCUT2D eigenvalue weighted by Crippen LogP contribution is 2.40. The maximum Gasteiger partial charge on any atom is 0.231 e. The number of nitrogens with one attached hydrogen (secondary N) is 1. The van der Waals surface area contributed by atoms with E-state index < -0.39 is 0 Å². The fourth-order valence-electron chi connectivity index (χ4n) is 4.24. The highest BCUT2D eigenvalue weighted by Gasteiger charge is 2.36. The Morgan fingerprint density at radius 2 is 1.89 bits per heavy atom. The van der Waals surface area contributed by atoms with Gasteiger partial charge >= 0.3 is 0 Å². The molecular formula is C22H23NO5. The van der Waals surface area contributed by atoms with E-state index in [-0.39, 0.29) is 37.2 Å². The summed E-state index contributed by atoms with van der Waals surface area (Å²) in [4.78, 5) is 12.8. The van der Waals surface area contributed by atoms with E-state index in [9.17, 15) is 9.90 Å². The van der Waals surface area contributed by atoms with Crippen molar-refractivity contribution in [2.24, 2.45) is 5.92 Å². The van der Waals surface area contributed by atoms with Gasteiger partial charge in [-0.3, -0.25) is 4.79 Å². The second-order valence-electron chi connectivity index (χ2n) is 7.76. The van der Waals surface area contributed by atoms with Gasteiger partial charge in [0, 0.05) is 6.42 Å². The number of carbonyl (C=O) groups is 1. The van der Waals surface area contributed by atoms with Crippen molar-refractivity contribution < 1.29 is 24.1 Å². The predicted molar refractivity (Wildman–Crippen MR) is 102 cm³/mol. The third kappa shape index (κ3) is 3.29. The molecule has 0 spiro atoms. The molecule has 0 saturated heterocycles. The zero-order valence-electron chi connectivity index (χ0n) is 15.5. The number of aliphatic hydroxyl groups excluding tert-OH is 1. The average Bonchev–Trinajstić information content (AvgIpc) is 3.31. The van der Waals surface area contributed by atoms with Gasteiger partial charge in [-0.2, -0.15) is 0 Å². The van der Waals surface area contributed by atoms with Crippen molar-refractivity contribution in [2.45, 2.75) is 37.8 Å². The van der Waals surface area contributed by atoms with Crippen molar-refractivity contribution in [2.75, 3.05) is 13.4 Å². The molecule has 1 atom stereocenters. The lowest BCUT2D eigenvalue weighted by Crippen LogP contribution is -2.41. The van der Waals surface area contributed by atoms with Gasteiger partial charge in [0.1, 0.15) is 5.75 Å². The summed E-state index contributed by atoms with van der Waals surface area (Å²) in [5.41, 5.74) is 3.16. The second kappa shape index (κ2) is 7.02. The molecule has 2 aromatic carbocycles. The maximum atomic E-state index is 12.8. The highest BCUT2D eigenvalue weighted by atomic mass is 16.7. The maximum absolute atomic E-state index is 12.8. The lowest BCUT2D eigenvalue weighted by atomic mass is 9.74. The molecule has 1 fully saturated rings. The second-order valence-corrected chi connectivity index (χ2v) is 7.76. The Labute approximate surface area is 163 Å². The Hall–Kier alpha value is -2.73. The van der Waals surface area contributed by atoms with Crippen LogP contribution in [0, 0.1) is 5.92 Å².